The average Bonchev–Trinajstić information content (AvgIpc) is 2.30. The third-order valence-corrected chi connectivity index (χ3v) is 1.68. The van der Waals surface area contributed by atoms with Crippen LogP contribution in [0.15, 0.2) is 30.1 Å². The molecule has 0 saturated heterocycles. The highest BCUT2D eigenvalue weighted by molar-refractivity contribution is 5.90. The standard InChI is InChI=1S/C11H12N2O3/c1-16-8-11(15)13-10(7-14)6-9-4-2-3-5-12-9/h2-7H,8H2,1H3,(H,13,15). The number of methoxy groups -OCH3 is 1. The Bertz CT molecular complexity index is 387. The summed E-state index contributed by atoms with van der Waals surface area (Å²) in [6.45, 7) is -0.0899. The van der Waals surface area contributed by atoms with Gasteiger partial charge in [-0.05, 0) is 18.2 Å². The molecule has 1 rings (SSSR count). The van der Waals surface area contributed by atoms with Crippen LogP contribution in [-0.4, -0.2) is 30.9 Å². The second kappa shape index (κ2) is 6.47. The molecule has 1 amide bonds. The van der Waals surface area contributed by atoms with Crippen molar-refractivity contribution in [1.29, 1.82) is 0 Å². The quantitative estimate of drug-likeness (QED) is 0.575. The van der Waals surface area contributed by atoms with Gasteiger partial charge in [-0.15, -0.1) is 0 Å². The van der Waals surface area contributed by atoms with Crippen LogP contribution in [0.5, 0.6) is 0 Å². The maximum absolute atomic E-state index is 11.1. The summed E-state index contributed by atoms with van der Waals surface area (Å²) in [6, 6.07) is 5.28. The van der Waals surface area contributed by atoms with Gasteiger partial charge in [-0.3, -0.25) is 14.6 Å². The number of amides is 1. The van der Waals surface area contributed by atoms with E-state index in [0.717, 1.165) is 0 Å². The van der Waals surface area contributed by atoms with Gasteiger partial charge >= 0.3 is 0 Å². The number of rotatable bonds is 5. The fourth-order valence-electron chi connectivity index (χ4n) is 1.05. The summed E-state index contributed by atoms with van der Waals surface area (Å²) in [7, 11) is 1.41. The van der Waals surface area contributed by atoms with Gasteiger partial charge in [0.15, 0.2) is 6.29 Å². The van der Waals surface area contributed by atoms with Gasteiger partial charge in [0.2, 0.25) is 5.91 Å². The molecule has 0 aliphatic carbocycles. The first-order valence-corrected chi connectivity index (χ1v) is 4.63. The minimum Gasteiger partial charge on any atom is -0.375 e. The number of nitrogens with zero attached hydrogens (tertiary/aromatic N) is 1. The molecule has 1 aromatic heterocycles. The Hall–Kier alpha value is -2.01. The minimum atomic E-state index is -0.378. The highest BCUT2D eigenvalue weighted by atomic mass is 16.5. The van der Waals surface area contributed by atoms with Crippen molar-refractivity contribution in [2.45, 2.75) is 0 Å². The lowest BCUT2D eigenvalue weighted by atomic mass is 10.3. The van der Waals surface area contributed by atoms with E-state index in [4.69, 9.17) is 0 Å². The van der Waals surface area contributed by atoms with E-state index in [0.29, 0.717) is 12.0 Å². The number of carbonyl (C=O) groups is 2. The summed E-state index contributed by atoms with van der Waals surface area (Å²) < 4.78 is 4.63. The van der Waals surface area contributed by atoms with E-state index in [1.165, 1.54) is 13.2 Å². The molecule has 0 radical (unpaired) electrons. The van der Waals surface area contributed by atoms with Crippen LogP contribution in [0, 0.1) is 0 Å². The Labute approximate surface area is 93.1 Å². The van der Waals surface area contributed by atoms with E-state index in [1.54, 1.807) is 24.4 Å². The van der Waals surface area contributed by atoms with Gasteiger partial charge in [0.25, 0.3) is 0 Å². The minimum absolute atomic E-state index is 0.0899. The van der Waals surface area contributed by atoms with Crippen molar-refractivity contribution < 1.29 is 14.3 Å². The van der Waals surface area contributed by atoms with Crippen molar-refractivity contribution in [1.82, 2.24) is 10.3 Å². The zero-order valence-corrected chi connectivity index (χ0v) is 8.84. The summed E-state index contributed by atoms with van der Waals surface area (Å²) >= 11 is 0. The van der Waals surface area contributed by atoms with Gasteiger partial charge in [-0.1, -0.05) is 6.07 Å². The monoisotopic (exact) mass is 220 g/mol. The first kappa shape index (κ1) is 12.1. The summed E-state index contributed by atoms with van der Waals surface area (Å²) in [6.07, 6.45) is 3.65. The van der Waals surface area contributed by atoms with Crippen LogP contribution in [0.4, 0.5) is 0 Å². The molecule has 1 N–H and O–H groups in total. The third-order valence-electron chi connectivity index (χ3n) is 1.68. The molecule has 0 aromatic carbocycles. The van der Waals surface area contributed by atoms with Crippen LogP contribution in [0.1, 0.15) is 5.69 Å². The first-order chi connectivity index (χ1) is 7.76. The molecule has 84 valence electrons. The molecule has 0 aliphatic rings. The molecule has 0 bridgehead atoms. The molecule has 0 aliphatic heterocycles. The van der Waals surface area contributed by atoms with Crippen LogP contribution in [0.2, 0.25) is 0 Å². The molecule has 0 spiro atoms. The molecule has 0 saturated carbocycles. The van der Waals surface area contributed by atoms with E-state index in [-0.39, 0.29) is 18.2 Å². The van der Waals surface area contributed by atoms with E-state index < -0.39 is 0 Å². The van der Waals surface area contributed by atoms with Crippen molar-refractivity contribution in [3.05, 3.63) is 35.8 Å². The lowest BCUT2D eigenvalue weighted by molar-refractivity contribution is -0.124. The van der Waals surface area contributed by atoms with E-state index in [1.807, 2.05) is 0 Å². The fourth-order valence-corrected chi connectivity index (χ4v) is 1.05. The van der Waals surface area contributed by atoms with Crippen LogP contribution in [0.25, 0.3) is 6.08 Å². The Kier molecular flexibility index (Phi) is 4.88. The number of hydrogen-bond donors (Lipinski definition) is 1. The number of ether oxygens (including phenoxy) is 1. The molecule has 0 atom stereocenters. The Morgan fingerprint density at radius 1 is 1.56 bits per heavy atom. The lowest BCUT2D eigenvalue weighted by Crippen LogP contribution is -2.27. The highest BCUT2D eigenvalue weighted by Gasteiger charge is 2.03. The smallest absolute Gasteiger partial charge is 0.250 e. The predicted octanol–water partition coefficient (Wildman–Crippen LogP) is 0.384. The van der Waals surface area contributed by atoms with Crippen LogP contribution in [0.3, 0.4) is 0 Å². The number of allylic oxidation sites excluding steroid dienone is 1. The summed E-state index contributed by atoms with van der Waals surface area (Å²) in [5.41, 5.74) is 0.753. The van der Waals surface area contributed by atoms with Gasteiger partial charge in [0.05, 0.1) is 11.4 Å². The van der Waals surface area contributed by atoms with Crippen molar-refractivity contribution in [3.63, 3.8) is 0 Å². The summed E-state index contributed by atoms with van der Waals surface area (Å²) in [5.74, 6) is -0.378. The highest BCUT2D eigenvalue weighted by Crippen LogP contribution is 1.99. The maximum Gasteiger partial charge on any atom is 0.250 e. The number of nitrogens with one attached hydrogen (secondary N) is 1. The number of carbonyl (C=O) groups excluding carboxylic acids is 2. The Morgan fingerprint density at radius 2 is 2.38 bits per heavy atom. The summed E-state index contributed by atoms with van der Waals surface area (Å²) in [5, 5.41) is 2.41. The van der Waals surface area contributed by atoms with Crippen molar-refractivity contribution in [2.75, 3.05) is 13.7 Å². The topological polar surface area (TPSA) is 68.3 Å². The Morgan fingerprint density at radius 3 is 2.94 bits per heavy atom. The van der Waals surface area contributed by atoms with E-state index in [2.05, 4.69) is 15.0 Å². The third kappa shape index (κ3) is 4.02. The molecule has 5 nitrogen and oxygen atoms in total. The van der Waals surface area contributed by atoms with Crippen molar-refractivity contribution in [2.24, 2.45) is 0 Å². The second-order valence-electron chi connectivity index (χ2n) is 2.95. The van der Waals surface area contributed by atoms with Crippen LogP contribution < -0.4 is 5.32 Å². The Balaban J connectivity index is 2.71. The number of hydrogen-bond acceptors (Lipinski definition) is 4. The molecular formula is C11H12N2O3. The molecule has 5 heteroatoms. The zero-order valence-electron chi connectivity index (χ0n) is 8.84. The fraction of sp³-hybridized carbons (Fsp3) is 0.182. The van der Waals surface area contributed by atoms with Gasteiger partial charge in [-0.2, -0.15) is 0 Å². The van der Waals surface area contributed by atoms with Crippen LogP contribution >= 0.6 is 0 Å². The second-order valence-corrected chi connectivity index (χ2v) is 2.95. The molecule has 1 aromatic rings. The van der Waals surface area contributed by atoms with Crippen LogP contribution in [-0.2, 0) is 14.3 Å². The molecule has 16 heavy (non-hydrogen) atoms. The van der Waals surface area contributed by atoms with Gasteiger partial charge in [-0.25, -0.2) is 0 Å². The van der Waals surface area contributed by atoms with Gasteiger partial charge < -0.3 is 10.1 Å². The number of pyridine rings is 1. The van der Waals surface area contributed by atoms with Gasteiger partial charge in [0, 0.05) is 13.3 Å². The molecule has 1 heterocycles. The van der Waals surface area contributed by atoms with E-state index in [9.17, 15) is 9.59 Å². The summed E-state index contributed by atoms with van der Waals surface area (Å²) in [4.78, 5) is 25.8. The van der Waals surface area contributed by atoms with Gasteiger partial charge in [0.1, 0.15) is 6.61 Å². The zero-order chi connectivity index (χ0) is 11.8. The van der Waals surface area contributed by atoms with Crippen molar-refractivity contribution >= 4 is 18.3 Å². The number of aromatic nitrogens is 1. The van der Waals surface area contributed by atoms with Crippen molar-refractivity contribution in [3.8, 4) is 0 Å². The molecular weight excluding hydrogens is 208 g/mol. The average molecular weight is 220 g/mol. The lowest BCUT2D eigenvalue weighted by Gasteiger charge is -2.02. The number of aldehydes is 1. The SMILES string of the molecule is COCC(=O)NC(C=O)=Cc1ccccn1. The normalized spacial score (nSPS) is 10.9. The van der Waals surface area contributed by atoms with E-state index >= 15 is 0 Å². The largest absolute Gasteiger partial charge is 0.375 e. The molecule has 0 unspecified atom stereocenters. The first-order valence-electron chi connectivity index (χ1n) is 4.63. The predicted molar refractivity (Wildman–Crippen MR) is 58.3 cm³/mol. The maximum atomic E-state index is 11.1. The molecule has 0 fully saturated rings.